The molecule has 0 atom stereocenters. The van der Waals surface area contributed by atoms with Crippen LogP contribution in [0.1, 0.15) is 24.1 Å². The van der Waals surface area contributed by atoms with Gasteiger partial charge in [-0.3, -0.25) is 4.40 Å². The summed E-state index contributed by atoms with van der Waals surface area (Å²) in [6, 6.07) is 24.5. The van der Waals surface area contributed by atoms with Gasteiger partial charge in [0.15, 0.2) is 0 Å². The van der Waals surface area contributed by atoms with E-state index >= 15 is 0 Å². The van der Waals surface area contributed by atoms with Gasteiger partial charge in [-0.25, -0.2) is 0 Å². The topological polar surface area (TPSA) is 30.6 Å². The minimum Gasteiger partial charge on any atom is -0.497 e. The first-order chi connectivity index (χ1) is 18.0. The van der Waals surface area contributed by atoms with Gasteiger partial charge in [0.2, 0.25) is 0 Å². The molecule has 1 N–H and O–H groups in total. The second-order valence-electron chi connectivity index (χ2n) is 9.22. The number of hydrogen-bond acceptors (Lipinski definition) is 2. The van der Waals surface area contributed by atoms with Gasteiger partial charge in [-0.1, -0.05) is 51.9 Å². The van der Waals surface area contributed by atoms with E-state index < -0.39 is 0 Å². The molecule has 0 bridgehead atoms. The highest BCUT2D eigenvalue weighted by atomic mass is 79.9. The van der Waals surface area contributed by atoms with Gasteiger partial charge < -0.3 is 14.6 Å². The van der Waals surface area contributed by atoms with Crippen LogP contribution in [0.15, 0.2) is 83.5 Å². The molecule has 1 aliphatic rings. The first kappa shape index (κ1) is 24.3. The summed E-state index contributed by atoms with van der Waals surface area (Å²) in [5, 5.41) is 4.22. The van der Waals surface area contributed by atoms with Gasteiger partial charge in [-0.15, -0.1) is 0 Å². The Labute approximate surface area is 235 Å². The molecule has 1 aliphatic heterocycles. The van der Waals surface area contributed by atoms with Gasteiger partial charge in [-0.05, 0) is 91.1 Å². The number of rotatable bonds is 5. The molecule has 37 heavy (non-hydrogen) atoms. The van der Waals surface area contributed by atoms with Crippen molar-refractivity contribution < 1.29 is 4.74 Å². The third-order valence-corrected chi connectivity index (χ3v) is 8.05. The van der Waals surface area contributed by atoms with E-state index in [0.717, 1.165) is 63.6 Å². The molecule has 0 unspecified atom stereocenters. The van der Waals surface area contributed by atoms with E-state index in [9.17, 15) is 0 Å². The number of ether oxygens (including phenoxy) is 1. The van der Waals surface area contributed by atoms with Crippen LogP contribution in [0.4, 0.5) is 5.69 Å². The number of halogens is 2. The normalized spacial score (nSPS) is 12.9. The van der Waals surface area contributed by atoms with E-state index in [4.69, 9.17) is 28.6 Å². The van der Waals surface area contributed by atoms with Gasteiger partial charge in [0.05, 0.1) is 18.5 Å². The van der Waals surface area contributed by atoms with Crippen molar-refractivity contribution in [2.24, 2.45) is 0 Å². The van der Waals surface area contributed by atoms with Crippen LogP contribution >= 0.6 is 39.7 Å². The fourth-order valence-electron chi connectivity index (χ4n) is 5.25. The average molecular weight is 591 g/mol. The number of hydrogen-bond donors (Lipinski definition) is 1. The number of methoxy groups -OCH3 is 1. The Bertz CT molecular complexity index is 1600. The number of anilines is 1. The number of thiocarbonyl (C=S) groups is 1. The number of imidazole rings is 1. The maximum absolute atomic E-state index is 6.27. The molecule has 3 heterocycles. The molecule has 0 radical (unpaired) electrons. The Hall–Kier alpha value is -3.06. The molecule has 2 aromatic heterocycles. The second kappa shape index (κ2) is 10.0. The lowest BCUT2D eigenvalue weighted by Crippen LogP contribution is -2.14. The highest BCUT2D eigenvalue weighted by Gasteiger charge is 2.28. The van der Waals surface area contributed by atoms with Gasteiger partial charge in [0.25, 0.3) is 0 Å². The van der Waals surface area contributed by atoms with Crippen molar-refractivity contribution in [2.45, 2.75) is 25.8 Å². The van der Waals surface area contributed by atoms with Crippen LogP contribution in [0.2, 0.25) is 5.02 Å². The maximum Gasteiger partial charge on any atom is 0.128 e. The Balaban J connectivity index is 1.58. The molecule has 0 saturated heterocycles. The van der Waals surface area contributed by atoms with E-state index in [0.29, 0.717) is 4.99 Å². The lowest BCUT2D eigenvalue weighted by atomic mass is 9.98. The Morgan fingerprint density at radius 1 is 0.946 bits per heavy atom. The lowest BCUT2D eigenvalue weighted by Gasteiger charge is -2.12. The van der Waals surface area contributed by atoms with Crippen molar-refractivity contribution >= 4 is 56.1 Å². The molecule has 7 heteroatoms. The van der Waals surface area contributed by atoms with E-state index in [1.807, 2.05) is 48.5 Å². The summed E-state index contributed by atoms with van der Waals surface area (Å²) >= 11 is 15.9. The van der Waals surface area contributed by atoms with Gasteiger partial charge in [0, 0.05) is 39.1 Å². The van der Waals surface area contributed by atoms with Crippen LogP contribution in [0.5, 0.6) is 5.75 Å². The Morgan fingerprint density at radius 3 is 2.35 bits per heavy atom. The standard InChI is InChI=1S/C30H25BrClN3OS/c1-36-24-15-7-19(8-16-24)26-18-35-28(29(37)33-23-13-9-21(31)10-14-23)27(20-5-11-22(32)12-6-20)25-4-2-3-17-34(26)30(25)35/h5-16,18H,2-4,17H2,1H3,(H,33,37). The summed E-state index contributed by atoms with van der Waals surface area (Å²) in [6.07, 6.45) is 5.47. The Kier molecular flexibility index (Phi) is 6.57. The predicted molar refractivity (Wildman–Crippen MR) is 160 cm³/mol. The minimum absolute atomic E-state index is 0.688. The van der Waals surface area contributed by atoms with Gasteiger partial charge in [0.1, 0.15) is 16.4 Å². The summed E-state index contributed by atoms with van der Waals surface area (Å²) in [5.41, 5.74) is 9.13. The van der Waals surface area contributed by atoms with E-state index in [2.05, 4.69) is 60.7 Å². The molecular weight excluding hydrogens is 566 g/mol. The molecule has 0 amide bonds. The van der Waals surface area contributed by atoms with Crippen LogP contribution in [-0.2, 0) is 13.0 Å². The van der Waals surface area contributed by atoms with Crippen LogP contribution in [0.25, 0.3) is 28.0 Å². The van der Waals surface area contributed by atoms with E-state index in [1.54, 1.807) is 7.11 Å². The van der Waals surface area contributed by atoms with E-state index in [-0.39, 0.29) is 0 Å². The van der Waals surface area contributed by atoms with Crippen molar-refractivity contribution in [1.29, 1.82) is 0 Å². The molecular formula is C30H25BrClN3OS. The first-order valence-corrected chi connectivity index (χ1v) is 13.8. The quantitative estimate of drug-likeness (QED) is 0.208. The molecule has 0 spiro atoms. The second-order valence-corrected chi connectivity index (χ2v) is 11.0. The predicted octanol–water partition coefficient (Wildman–Crippen LogP) is 8.62. The maximum atomic E-state index is 6.27. The van der Waals surface area contributed by atoms with Crippen LogP contribution in [0, 0.1) is 0 Å². The summed E-state index contributed by atoms with van der Waals surface area (Å²) in [5.74, 6) is 0.851. The van der Waals surface area contributed by atoms with Crippen LogP contribution < -0.4 is 10.1 Å². The molecule has 0 aliphatic carbocycles. The third kappa shape index (κ3) is 4.48. The van der Waals surface area contributed by atoms with Crippen LogP contribution in [-0.4, -0.2) is 21.1 Å². The van der Waals surface area contributed by atoms with Crippen molar-refractivity contribution in [3.8, 4) is 28.1 Å². The van der Waals surface area contributed by atoms with Gasteiger partial charge in [-0.2, -0.15) is 0 Å². The highest BCUT2D eigenvalue weighted by Crippen LogP contribution is 2.40. The number of benzene rings is 3. The highest BCUT2D eigenvalue weighted by molar-refractivity contribution is 9.10. The Morgan fingerprint density at radius 2 is 1.65 bits per heavy atom. The largest absolute Gasteiger partial charge is 0.497 e. The summed E-state index contributed by atoms with van der Waals surface area (Å²) in [4.78, 5) is 0.688. The van der Waals surface area contributed by atoms with Crippen molar-refractivity contribution in [1.82, 2.24) is 8.97 Å². The van der Waals surface area contributed by atoms with Crippen molar-refractivity contribution in [3.05, 3.63) is 99.7 Å². The zero-order valence-electron chi connectivity index (χ0n) is 20.3. The monoisotopic (exact) mass is 589 g/mol. The average Bonchev–Trinajstić information content (AvgIpc) is 3.33. The fourth-order valence-corrected chi connectivity index (χ4v) is 5.96. The molecule has 3 aromatic carbocycles. The van der Waals surface area contributed by atoms with Crippen molar-refractivity contribution in [2.75, 3.05) is 12.4 Å². The minimum atomic E-state index is 0.688. The molecule has 6 rings (SSSR count). The SMILES string of the molecule is COc1ccc(-c2cn3c(C(=S)Nc4ccc(Br)cc4)c(-c4ccc(Cl)cc4)c4c3n2CCCC4)cc1. The summed E-state index contributed by atoms with van der Waals surface area (Å²) in [6.45, 7) is 0.960. The molecule has 186 valence electrons. The third-order valence-electron chi connectivity index (χ3n) is 6.97. The first-order valence-electron chi connectivity index (χ1n) is 12.3. The van der Waals surface area contributed by atoms with Crippen LogP contribution in [0.3, 0.4) is 0 Å². The zero-order valence-corrected chi connectivity index (χ0v) is 23.5. The zero-order chi connectivity index (χ0) is 25.5. The molecule has 0 saturated carbocycles. The molecule has 0 fully saturated rings. The van der Waals surface area contributed by atoms with Gasteiger partial charge >= 0.3 is 0 Å². The summed E-state index contributed by atoms with van der Waals surface area (Å²) in [7, 11) is 1.70. The number of aromatic nitrogens is 2. The number of nitrogens with one attached hydrogen (secondary N) is 1. The fraction of sp³-hybridized carbons (Fsp3) is 0.167. The molecule has 4 nitrogen and oxygen atoms in total. The smallest absolute Gasteiger partial charge is 0.128 e. The number of aryl methyl sites for hydroxylation is 2. The van der Waals surface area contributed by atoms with Crippen molar-refractivity contribution in [3.63, 3.8) is 0 Å². The molecule has 5 aromatic rings. The summed E-state index contributed by atoms with van der Waals surface area (Å²) < 4.78 is 11.2. The van der Waals surface area contributed by atoms with E-state index in [1.165, 1.54) is 22.5 Å². The number of nitrogens with zero attached hydrogens (tertiary/aromatic N) is 2. The lowest BCUT2D eigenvalue weighted by molar-refractivity contribution is 0.415.